The van der Waals surface area contributed by atoms with E-state index in [1.807, 2.05) is 6.92 Å². The van der Waals surface area contributed by atoms with E-state index < -0.39 is 5.97 Å². The van der Waals surface area contributed by atoms with Gasteiger partial charge in [-0.2, -0.15) is 0 Å². The SMILES string of the molecule is Cc1[nH]c(CN2CCOCC2)nc1CC(=O)O. The third-order valence-electron chi connectivity index (χ3n) is 2.83. The van der Waals surface area contributed by atoms with Gasteiger partial charge in [-0.3, -0.25) is 9.69 Å². The van der Waals surface area contributed by atoms with Gasteiger partial charge in [0.1, 0.15) is 5.82 Å². The number of H-pyrrole nitrogens is 1. The molecule has 0 bridgehead atoms. The van der Waals surface area contributed by atoms with Gasteiger partial charge in [-0.15, -0.1) is 0 Å². The number of rotatable bonds is 4. The molecule has 6 nitrogen and oxygen atoms in total. The van der Waals surface area contributed by atoms with Gasteiger partial charge in [-0.25, -0.2) is 4.98 Å². The fraction of sp³-hybridized carbons (Fsp3) is 0.636. The molecular formula is C11H17N3O3. The summed E-state index contributed by atoms with van der Waals surface area (Å²) >= 11 is 0. The lowest BCUT2D eigenvalue weighted by molar-refractivity contribution is -0.136. The molecule has 0 atom stereocenters. The molecule has 1 aromatic heterocycles. The maximum atomic E-state index is 10.6. The van der Waals surface area contributed by atoms with Crippen molar-refractivity contribution in [2.45, 2.75) is 19.9 Å². The Balaban J connectivity index is 1.98. The van der Waals surface area contributed by atoms with Crippen LogP contribution in [0.1, 0.15) is 17.2 Å². The second-order valence-corrected chi connectivity index (χ2v) is 4.21. The summed E-state index contributed by atoms with van der Waals surface area (Å²) < 4.78 is 5.27. The Bertz CT molecular complexity index is 397. The number of nitrogens with one attached hydrogen (secondary N) is 1. The summed E-state index contributed by atoms with van der Waals surface area (Å²) in [5.74, 6) is -0.0156. The molecule has 2 N–H and O–H groups in total. The molecule has 0 amide bonds. The molecule has 1 aromatic rings. The number of ether oxygens (including phenoxy) is 1. The van der Waals surface area contributed by atoms with Crippen molar-refractivity contribution in [1.82, 2.24) is 14.9 Å². The summed E-state index contributed by atoms with van der Waals surface area (Å²) in [6, 6.07) is 0. The van der Waals surface area contributed by atoms with Crippen molar-refractivity contribution in [2.75, 3.05) is 26.3 Å². The van der Waals surface area contributed by atoms with Gasteiger partial charge < -0.3 is 14.8 Å². The number of aromatic amines is 1. The van der Waals surface area contributed by atoms with E-state index >= 15 is 0 Å². The fourth-order valence-electron chi connectivity index (χ4n) is 1.92. The molecule has 0 aromatic carbocycles. The fourth-order valence-corrected chi connectivity index (χ4v) is 1.92. The summed E-state index contributed by atoms with van der Waals surface area (Å²) in [7, 11) is 0. The minimum Gasteiger partial charge on any atom is -0.481 e. The number of aromatic nitrogens is 2. The molecule has 94 valence electrons. The molecule has 0 spiro atoms. The van der Waals surface area contributed by atoms with E-state index in [0.29, 0.717) is 5.69 Å². The molecule has 0 radical (unpaired) electrons. The van der Waals surface area contributed by atoms with Crippen molar-refractivity contribution in [3.8, 4) is 0 Å². The van der Waals surface area contributed by atoms with E-state index in [-0.39, 0.29) is 6.42 Å². The highest BCUT2D eigenvalue weighted by molar-refractivity contribution is 5.69. The van der Waals surface area contributed by atoms with Gasteiger partial charge in [-0.05, 0) is 6.92 Å². The summed E-state index contributed by atoms with van der Waals surface area (Å²) in [6.07, 6.45) is -0.0224. The monoisotopic (exact) mass is 239 g/mol. The first kappa shape index (κ1) is 12.1. The van der Waals surface area contributed by atoms with Gasteiger partial charge in [0.25, 0.3) is 0 Å². The Kier molecular flexibility index (Phi) is 3.75. The number of hydrogen-bond acceptors (Lipinski definition) is 4. The first-order valence-corrected chi connectivity index (χ1v) is 5.71. The van der Waals surface area contributed by atoms with Crippen LogP contribution >= 0.6 is 0 Å². The quantitative estimate of drug-likeness (QED) is 0.783. The average molecular weight is 239 g/mol. The van der Waals surface area contributed by atoms with Crippen LogP contribution in [0, 0.1) is 6.92 Å². The van der Waals surface area contributed by atoms with Crippen molar-refractivity contribution < 1.29 is 14.6 Å². The lowest BCUT2D eigenvalue weighted by Gasteiger charge is -2.25. The van der Waals surface area contributed by atoms with Crippen LogP contribution in [0.5, 0.6) is 0 Å². The van der Waals surface area contributed by atoms with Gasteiger partial charge in [0.15, 0.2) is 0 Å². The topological polar surface area (TPSA) is 78.5 Å². The Hall–Kier alpha value is -1.40. The van der Waals surface area contributed by atoms with Crippen LogP contribution in [0.3, 0.4) is 0 Å². The zero-order valence-corrected chi connectivity index (χ0v) is 9.90. The van der Waals surface area contributed by atoms with Gasteiger partial charge in [0.2, 0.25) is 0 Å². The van der Waals surface area contributed by atoms with E-state index in [2.05, 4.69) is 14.9 Å². The molecular weight excluding hydrogens is 222 g/mol. The largest absolute Gasteiger partial charge is 0.481 e. The van der Waals surface area contributed by atoms with Crippen LogP contribution in [0.2, 0.25) is 0 Å². The number of hydrogen-bond donors (Lipinski definition) is 2. The number of aryl methyl sites for hydroxylation is 1. The molecule has 2 rings (SSSR count). The Labute approximate surface area is 99.6 Å². The van der Waals surface area contributed by atoms with E-state index in [9.17, 15) is 4.79 Å². The number of imidazole rings is 1. The van der Waals surface area contributed by atoms with Gasteiger partial charge in [0, 0.05) is 18.8 Å². The molecule has 1 saturated heterocycles. The maximum Gasteiger partial charge on any atom is 0.309 e. The highest BCUT2D eigenvalue weighted by Crippen LogP contribution is 2.09. The van der Waals surface area contributed by atoms with Crippen LogP contribution in [-0.2, 0) is 22.5 Å². The number of carbonyl (C=O) groups is 1. The van der Waals surface area contributed by atoms with Gasteiger partial charge in [-0.1, -0.05) is 0 Å². The van der Waals surface area contributed by atoms with Crippen molar-refractivity contribution >= 4 is 5.97 Å². The molecule has 1 aliphatic heterocycles. The zero-order chi connectivity index (χ0) is 12.3. The van der Waals surface area contributed by atoms with Crippen molar-refractivity contribution in [3.63, 3.8) is 0 Å². The number of nitrogens with zero attached hydrogens (tertiary/aromatic N) is 2. The molecule has 0 unspecified atom stereocenters. The molecule has 6 heteroatoms. The number of aliphatic carboxylic acids is 1. The van der Waals surface area contributed by atoms with Crippen LogP contribution < -0.4 is 0 Å². The van der Waals surface area contributed by atoms with E-state index in [1.165, 1.54) is 0 Å². The molecule has 17 heavy (non-hydrogen) atoms. The molecule has 0 aliphatic carbocycles. The molecule has 1 fully saturated rings. The smallest absolute Gasteiger partial charge is 0.309 e. The second-order valence-electron chi connectivity index (χ2n) is 4.21. The van der Waals surface area contributed by atoms with Crippen LogP contribution in [0.4, 0.5) is 0 Å². The number of carboxylic acid groups (broad SMARTS) is 1. The number of carboxylic acids is 1. The summed E-state index contributed by atoms with van der Waals surface area (Å²) in [5, 5.41) is 8.74. The second kappa shape index (κ2) is 5.29. The van der Waals surface area contributed by atoms with E-state index in [1.54, 1.807) is 0 Å². The Morgan fingerprint density at radius 3 is 2.88 bits per heavy atom. The minimum absolute atomic E-state index is 0.0224. The zero-order valence-electron chi connectivity index (χ0n) is 9.90. The first-order chi connectivity index (χ1) is 8.15. The van der Waals surface area contributed by atoms with Crippen LogP contribution in [-0.4, -0.2) is 52.2 Å². The lowest BCUT2D eigenvalue weighted by atomic mass is 10.3. The predicted molar refractivity (Wildman–Crippen MR) is 60.8 cm³/mol. The number of morpholine rings is 1. The molecule has 2 heterocycles. The van der Waals surface area contributed by atoms with Crippen molar-refractivity contribution in [2.24, 2.45) is 0 Å². The van der Waals surface area contributed by atoms with Crippen molar-refractivity contribution in [1.29, 1.82) is 0 Å². The maximum absolute atomic E-state index is 10.6. The highest BCUT2D eigenvalue weighted by Gasteiger charge is 2.15. The molecule has 0 saturated carbocycles. The Morgan fingerprint density at radius 1 is 1.53 bits per heavy atom. The van der Waals surface area contributed by atoms with E-state index in [0.717, 1.165) is 44.4 Å². The lowest BCUT2D eigenvalue weighted by Crippen LogP contribution is -2.35. The van der Waals surface area contributed by atoms with E-state index in [4.69, 9.17) is 9.84 Å². The van der Waals surface area contributed by atoms with Gasteiger partial charge in [0.05, 0.1) is 31.9 Å². The third kappa shape index (κ3) is 3.28. The summed E-state index contributed by atoms with van der Waals surface area (Å²) in [6.45, 7) is 5.88. The van der Waals surface area contributed by atoms with Gasteiger partial charge >= 0.3 is 5.97 Å². The third-order valence-corrected chi connectivity index (χ3v) is 2.83. The van der Waals surface area contributed by atoms with Crippen LogP contribution in [0.25, 0.3) is 0 Å². The first-order valence-electron chi connectivity index (χ1n) is 5.71. The minimum atomic E-state index is -0.850. The van der Waals surface area contributed by atoms with Crippen LogP contribution in [0.15, 0.2) is 0 Å². The normalized spacial score (nSPS) is 17.2. The summed E-state index contributed by atoms with van der Waals surface area (Å²) in [5.41, 5.74) is 1.47. The standard InChI is InChI=1S/C11H17N3O3/c1-8-9(6-11(15)16)13-10(12-8)7-14-2-4-17-5-3-14/h2-7H2,1H3,(H,12,13)(H,15,16). The highest BCUT2D eigenvalue weighted by atomic mass is 16.5. The van der Waals surface area contributed by atoms with Crippen molar-refractivity contribution in [3.05, 3.63) is 17.2 Å². The Morgan fingerprint density at radius 2 is 2.24 bits per heavy atom. The predicted octanol–water partition coefficient (Wildman–Crippen LogP) is 0.177. The average Bonchev–Trinajstić information content (AvgIpc) is 2.59. The summed E-state index contributed by atoms with van der Waals surface area (Å²) in [4.78, 5) is 20.3. The molecule has 1 aliphatic rings.